The van der Waals surface area contributed by atoms with Gasteiger partial charge in [-0.05, 0) is 37.0 Å². The Morgan fingerprint density at radius 3 is 2.43 bits per heavy atom. The van der Waals surface area contributed by atoms with E-state index >= 15 is 0 Å². The maximum atomic E-state index is 12.9. The molecule has 2 N–H and O–H groups in total. The van der Waals surface area contributed by atoms with E-state index in [0.717, 1.165) is 16.7 Å². The minimum atomic E-state index is -1.16. The van der Waals surface area contributed by atoms with E-state index in [1.54, 1.807) is 0 Å². The van der Waals surface area contributed by atoms with Gasteiger partial charge in [-0.15, -0.1) is 0 Å². The quantitative estimate of drug-likeness (QED) is 0.782. The summed E-state index contributed by atoms with van der Waals surface area (Å²) in [5.41, 5.74) is 3.55. The molecule has 1 aliphatic rings. The third kappa shape index (κ3) is 4.39. The number of nitrogens with zero attached hydrogens (tertiary/aromatic N) is 1. The number of amides is 3. The first-order chi connectivity index (χ1) is 13.5. The average molecular weight is 379 g/mol. The van der Waals surface area contributed by atoms with E-state index in [1.807, 2.05) is 62.4 Å². The van der Waals surface area contributed by atoms with Crippen molar-refractivity contribution in [2.45, 2.75) is 32.7 Å². The number of anilines is 1. The van der Waals surface area contributed by atoms with Gasteiger partial charge in [-0.25, -0.2) is 0 Å². The van der Waals surface area contributed by atoms with E-state index < -0.39 is 17.9 Å². The second-order valence-corrected chi connectivity index (χ2v) is 7.02. The molecule has 6 nitrogen and oxygen atoms in total. The van der Waals surface area contributed by atoms with Crippen LogP contribution in [0.1, 0.15) is 23.1 Å². The molecule has 2 aromatic carbocycles. The van der Waals surface area contributed by atoms with E-state index in [4.69, 9.17) is 0 Å². The van der Waals surface area contributed by atoms with Crippen LogP contribution in [0, 0.1) is 13.8 Å². The number of hydrogen-bond acceptors (Lipinski definition) is 3. The smallest absolute Gasteiger partial charge is 0.257 e. The fourth-order valence-electron chi connectivity index (χ4n) is 3.44. The van der Waals surface area contributed by atoms with Gasteiger partial charge in [0.05, 0.1) is 0 Å². The second-order valence-electron chi connectivity index (χ2n) is 7.02. The van der Waals surface area contributed by atoms with Crippen molar-refractivity contribution in [1.29, 1.82) is 0 Å². The summed E-state index contributed by atoms with van der Waals surface area (Å²) in [7, 11) is 0. The number of para-hydroxylation sites is 1. The predicted octanol–water partition coefficient (Wildman–Crippen LogP) is 2.20. The van der Waals surface area contributed by atoms with Crippen molar-refractivity contribution in [1.82, 2.24) is 10.2 Å². The van der Waals surface area contributed by atoms with E-state index in [9.17, 15) is 14.4 Å². The number of carbonyl (C=O) groups excluding carboxylic acids is 3. The first-order valence-electron chi connectivity index (χ1n) is 9.45. The third-order valence-electron chi connectivity index (χ3n) is 4.98. The molecule has 0 radical (unpaired) electrons. The molecule has 1 atom stereocenters. The van der Waals surface area contributed by atoms with E-state index in [1.165, 1.54) is 4.90 Å². The van der Waals surface area contributed by atoms with Crippen LogP contribution in [-0.4, -0.2) is 41.8 Å². The number of aryl methyl sites for hydroxylation is 3. The van der Waals surface area contributed by atoms with Gasteiger partial charge in [0.1, 0.15) is 0 Å². The molecule has 1 aliphatic heterocycles. The van der Waals surface area contributed by atoms with Gasteiger partial charge in [0.25, 0.3) is 11.8 Å². The van der Waals surface area contributed by atoms with Crippen LogP contribution in [0.5, 0.6) is 0 Å². The molecule has 0 spiro atoms. The van der Waals surface area contributed by atoms with Gasteiger partial charge in [-0.2, -0.15) is 0 Å². The Balaban J connectivity index is 1.73. The molecule has 28 heavy (non-hydrogen) atoms. The minimum absolute atomic E-state index is 0.194. The summed E-state index contributed by atoms with van der Waals surface area (Å²) in [4.78, 5) is 39.5. The highest BCUT2D eigenvalue weighted by molar-refractivity contribution is 6.12. The average Bonchev–Trinajstić information content (AvgIpc) is 2.69. The third-order valence-corrected chi connectivity index (χ3v) is 4.98. The Labute approximate surface area is 164 Å². The molecule has 2 aromatic rings. The lowest BCUT2D eigenvalue weighted by Crippen LogP contribution is -2.61. The number of rotatable bonds is 5. The maximum absolute atomic E-state index is 12.9. The van der Waals surface area contributed by atoms with Gasteiger partial charge in [-0.1, -0.05) is 48.5 Å². The van der Waals surface area contributed by atoms with Crippen molar-refractivity contribution in [2.75, 3.05) is 18.4 Å². The molecule has 1 saturated heterocycles. The van der Waals surface area contributed by atoms with Gasteiger partial charge < -0.3 is 15.5 Å². The number of carbonyl (C=O) groups is 3. The molecule has 1 unspecified atom stereocenters. The van der Waals surface area contributed by atoms with Gasteiger partial charge in [-0.3, -0.25) is 14.4 Å². The van der Waals surface area contributed by atoms with E-state index in [2.05, 4.69) is 10.6 Å². The number of hydrogen-bond donors (Lipinski definition) is 2. The zero-order valence-corrected chi connectivity index (χ0v) is 16.2. The van der Waals surface area contributed by atoms with Gasteiger partial charge in [0.2, 0.25) is 5.91 Å². The molecule has 0 aliphatic carbocycles. The molecule has 0 saturated carbocycles. The van der Waals surface area contributed by atoms with Crippen LogP contribution in [0.2, 0.25) is 0 Å². The molecular formula is C22H25N3O3. The normalized spacial score (nSPS) is 16.4. The summed E-state index contributed by atoms with van der Waals surface area (Å²) in [6.07, 6.45) is 0.827. The fraction of sp³-hybridized carbons (Fsp3) is 0.318. The number of piperazine rings is 1. The zero-order chi connectivity index (χ0) is 20.1. The molecule has 0 bridgehead atoms. The van der Waals surface area contributed by atoms with Crippen molar-refractivity contribution < 1.29 is 14.4 Å². The summed E-state index contributed by atoms with van der Waals surface area (Å²) in [6.45, 7) is 4.46. The van der Waals surface area contributed by atoms with Gasteiger partial charge in [0.15, 0.2) is 6.04 Å². The molecule has 1 fully saturated rings. The van der Waals surface area contributed by atoms with E-state index in [-0.39, 0.29) is 12.3 Å². The Hall–Kier alpha value is -3.15. The molecule has 3 rings (SSSR count). The van der Waals surface area contributed by atoms with Crippen LogP contribution in [0.15, 0.2) is 48.5 Å². The molecule has 6 heteroatoms. The number of benzene rings is 2. The highest BCUT2D eigenvalue weighted by Crippen LogP contribution is 2.21. The topological polar surface area (TPSA) is 78.5 Å². The minimum Gasteiger partial charge on any atom is -0.352 e. The Kier molecular flexibility index (Phi) is 6.09. The predicted molar refractivity (Wildman–Crippen MR) is 108 cm³/mol. The Morgan fingerprint density at radius 2 is 1.75 bits per heavy atom. The standard InChI is InChI=1S/C22H25N3O3/c1-15-7-6-8-16(2)19(15)24-22(28)20-21(27)23-13-14-25(20)18(26)12-11-17-9-4-3-5-10-17/h3-10,20H,11-14H2,1-2H3,(H,23,27)(H,24,28). The lowest BCUT2D eigenvalue weighted by Gasteiger charge is -2.34. The Morgan fingerprint density at radius 1 is 1.07 bits per heavy atom. The summed E-state index contributed by atoms with van der Waals surface area (Å²) in [5.74, 6) is -1.12. The van der Waals surface area contributed by atoms with Crippen LogP contribution in [0.3, 0.4) is 0 Å². The van der Waals surface area contributed by atoms with Crippen molar-refractivity contribution in [2.24, 2.45) is 0 Å². The van der Waals surface area contributed by atoms with Crippen molar-refractivity contribution >= 4 is 23.4 Å². The van der Waals surface area contributed by atoms with Gasteiger partial charge >= 0.3 is 0 Å². The Bertz CT molecular complexity index is 860. The van der Waals surface area contributed by atoms with Crippen molar-refractivity contribution in [3.63, 3.8) is 0 Å². The number of nitrogens with one attached hydrogen (secondary N) is 2. The monoisotopic (exact) mass is 379 g/mol. The second kappa shape index (κ2) is 8.69. The van der Waals surface area contributed by atoms with Gasteiger partial charge in [0, 0.05) is 25.2 Å². The first-order valence-corrected chi connectivity index (χ1v) is 9.45. The van der Waals surface area contributed by atoms with Crippen LogP contribution >= 0.6 is 0 Å². The van der Waals surface area contributed by atoms with E-state index in [0.29, 0.717) is 25.2 Å². The first kappa shape index (κ1) is 19.6. The summed E-state index contributed by atoms with van der Waals surface area (Å²) < 4.78 is 0. The van der Waals surface area contributed by atoms with Crippen LogP contribution in [0.4, 0.5) is 5.69 Å². The highest BCUT2D eigenvalue weighted by Gasteiger charge is 2.38. The molecule has 146 valence electrons. The lowest BCUT2D eigenvalue weighted by molar-refractivity contribution is -0.148. The summed E-state index contributed by atoms with van der Waals surface area (Å²) >= 11 is 0. The summed E-state index contributed by atoms with van der Waals surface area (Å²) in [6, 6.07) is 14.2. The molecule has 3 amide bonds. The van der Waals surface area contributed by atoms with Crippen LogP contribution in [0.25, 0.3) is 0 Å². The lowest BCUT2D eigenvalue weighted by atomic mass is 10.1. The SMILES string of the molecule is Cc1cccc(C)c1NC(=O)C1C(=O)NCCN1C(=O)CCc1ccccc1. The van der Waals surface area contributed by atoms with Crippen LogP contribution in [-0.2, 0) is 20.8 Å². The molecule has 0 aromatic heterocycles. The molecule has 1 heterocycles. The maximum Gasteiger partial charge on any atom is 0.257 e. The largest absolute Gasteiger partial charge is 0.352 e. The fourth-order valence-corrected chi connectivity index (χ4v) is 3.44. The molecular weight excluding hydrogens is 354 g/mol. The highest BCUT2D eigenvalue weighted by atomic mass is 16.2. The summed E-state index contributed by atoms with van der Waals surface area (Å²) in [5, 5.41) is 5.54. The van der Waals surface area contributed by atoms with Crippen molar-refractivity contribution in [3.05, 3.63) is 65.2 Å². The van der Waals surface area contributed by atoms with Crippen LogP contribution < -0.4 is 10.6 Å². The van der Waals surface area contributed by atoms with Crippen molar-refractivity contribution in [3.8, 4) is 0 Å². The zero-order valence-electron chi connectivity index (χ0n) is 16.2.